The molecule has 2 aromatic rings. The molecule has 1 aliphatic rings. The van der Waals surface area contributed by atoms with Crippen LogP contribution in [0, 0.1) is 0 Å². The van der Waals surface area contributed by atoms with Gasteiger partial charge < -0.3 is 10.4 Å². The van der Waals surface area contributed by atoms with E-state index < -0.39 is 11.5 Å². The van der Waals surface area contributed by atoms with Crippen LogP contribution in [0.4, 0.5) is 5.69 Å². The Labute approximate surface area is 144 Å². The summed E-state index contributed by atoms with van der Waals surface area (Å²) in [5.41, 5.74) is 0.548. The third-order valence-corrected chi connectivity index (χ3v) is 4.65. The van der Waals surface area contributed by atoms with Crippen molar-refractivity contribution in [2.45, 2.75) is 24.9 Å². The molecule has 4 heteroatoms. The fourth-order valence-electron chi connectivity index (χ4n) is 3.01. The predicted octanol–water partition coefficient (Wildman–Crippen LogP) is 4.34. The zero-order valence-corrected chi connectivity index (χ0v) is 14.4. The highest BCUT2D eigenvalue weighted by molar-refractivity contribution is 9.10. The minimum atomic E-state index is -1.62. The van der Waals surface area contributed by atoms with E-state index in [-0.39, 0.29) is 5.91 Å². The van der Waals surface area contributed by atoms with Crippen LogP contribution in [-0.2, 0) is 10.4 Å². The first-order valence-corrected chi connectivity index (χ1v) is 8.42. The zero-order chi connectivity index (χ0) is 16.4. The summed E-state index contributed by atoms with van der Waals surface area (Å²) in [5, 5.41) is 14.2. The molecular formula is C19H18BrNO2. The third kappa shape index (κ3) is 2.73. The second-order valence-electron chi connectivity index (χ2n) is 5.64. The summed E-state index contributed by atoms with van der Waals surface area (Å²) in [7, 11) is 0. The molecule has 0 unspecified atom stereocenters. The number of amides is 1. The molecule has 0 fully saturated rings. The maximum atomic E-state index is 12.6. The summed E-state index contributed by atoms with van der Waals surface area (Å²) in [6, 6.07) is 15.1. The first kappa shape index (κ1) is 16.0. The largest absolute Gasteiger partial charge is 0.374 e. The zero-order valence-electron chi connectivity index (χ0n) is 12.8. The van der Waals surface area contributed by atoms with Crippen molar-refractivity contribution >= 4 is 27.5 Å². The van der Waals surface area contributed by atoms with Crippen molar-refractivity contribution in [3.05, 3.63) is 76.3 Å². The fraction of sp³-hybridized carbons (Fsp3) is 0.211. The van der Waals surface area contributed by atoms with Gasteiger partial charge in [-0.1, -0.05) is 65.3 Å². The number of aliphatic hydroxyl groups is 1. The van der Waals surface area contributed by atoms with Crippen LogP contribution < -0.4 is 5.32 Å². The minimum Gasteiger partial charge on any atom is -0.374 e. The van der Waals surface area contributed by atoms with Gasteiger partial charge in [0, 0.05) is 21.6 Å². The van der Waals surface area contributed by atoms with Crippen molar-refractivity contribution in [3.8, 4) is 0 Å². The van der Waals surface area contributed by atoms with E-state index >= 15 is 0 Å². The smallest absolute Gasteiger partial charge is 0.262 e. The Balaban J connectivity index is 2.17. The van der Waals surface area contributed by atoms with Gasteiger partial charge in [-0.15, -0.1) is 0 Å². The molecule has 0 spiro atoms. The lowest BCUT2D eigenvalue weighted by molar-refractivity contribution is -0.134. The minimum absolute atomic E-state index is 0.389. The first-order valence-electron chi connectivity index (χ1n) is 7.62. The van der Waals surface area contributed by atoms with Crippen LogP contribution in [0.3, 0.4) is 0 Å². The van der Waals surface area contributed by atoms with Crippen LogP contribution in [0.25, 0.3) is 0 Å². The SMILES string of the molecule is CC/C=C/[C@@H](c1ccccc1)[C@]1(O)C(=O)Nc2ccc(Br)cc21. The van der Waals surface area contributed by atoms with E-state index in [1.807, 2.05) is 61.5 Å². The highest BCUT2D eigenvalue weighted by atomic mass is 79.9. The molecule has 23 heavy (non-hydrogen) atoms. The summed E-state index contributed by atoms with van der Waals surface area (Å²) < 4.78 is 0.831. The molecule has 0 saturated heterocycles. The van der Waals surface area contributed by atoms with Crippen molar-refractivity contribution in [1.29, 1.82) is 0 Å². The van der Waals surface area contributed by atoms with Gasteiger partial charge in [-0.25, -0.2) is 0 Å². The third-order valence-electron chi connectivity index (χ3n) is 4.16. The van der Waals surface area contributed by atoms with Gasteiger partial charge in [-0.05, 0) is 30.2 Å². The molecule has 2 N–H and O–H groups in total. The van der Waals surface area contributed by atoms with E-state index in [0.717, 1.165) is 16.5 Å². The van der Waals surface area contributed by atoms with E-state index in [1.54, 1.807) is 6.07 Å². The van der Waals surface area contributed by atoms with Crippen LogP contribution >= 0.6 is 15.9 Å². The predicted molar refractivity (Wildman–Crippen MR) is 95.3 cm³/mol. The molecule has 2 atom stereocenters. The van der Waals surface area contributed by atoms with Crippen LogP contribution in [0.15, 0.2) is 65.2 Å². The molecular weight excluding hydrogens is 354 g/mol. The molecule has 0 aliphatic carbocycles. The maximum absolute atomic E-state index is 12.6. The van der Waals surface area contributed by atoms with E-state index in [4.69, 9.17) is 0 Å². The molecule has 2 aromatic carbocycles. The van der Waals surface area contributed by atoms with Gasteiger partial charge >= 0.3 is 0 Å². The summed E-state index contributed by atoms with van der Waals surface area (Å²) in [6.45, 7) is 2.03. The number of carbonyl (C=O) groups excluding carboxylic acids is 1. The summed E-state index contributed by atoms with van der Waals surface area (Å²) in [6.07, 6.45) is 4.75. The number of nitrogens with one attached hydrogen (secondary N) is 1. The van der Waals surface area contributed by atoms with E-state index in [2.05, 4.69) is 21.2 Å². The van der Waals surface area contributed by atoms with Gasteiger partial charge in [0.15, 0.2) is 5.60 Å². The molecule has 3 nitrogen and oxygen atoms in total. The Morgan fingerprint density at radius 3 is 2.70 bits per heavy atom. The van der Waals surface area contributed by atoms with Gasteiger partial charge in [0.2, 0.25) is 0 Å². The van der Waals surface area contributed by atoms with Gasteiger partial charge in [0.05, 0.1) is 0 Å². The number of fused-ring (bicyclic) bond motifs is 1. The number of halogens is 1. The number of allylic oxidation sites excluding steroid dienone is 1. The van der Waals surface area contributed by atoms with E-state index in [1.165, 1.54) is 0 Å². The summed E-state index contributed by atoms with van der Waals surface area (Å²) >= 11 is 3.43. The number of rotatable bonds is 4. The second-order valence-corrected chi connectivity index (χ2v) is 6.55. The maximum Gasteiger partial charge on any atom is 0.262 e. The molecule has 3 rings (SSSR count). The average Bonchev–Trinajstić information content (AvgIpc) is 2.81. The molecule has 0 aromatic heterocycles. The van der Waals surface area contributed by atoms with Crippen molar-refractivity contribution in [3.63, 3.8) is 0 Å². The normalized spacial score (nSPS) is 21.3. The lowest BCUT2D eigenvalue weighted by Crippen LogP contribution is -2.39. The molecule has 1 heterocycles. The lowest BCUT2D eigenvalue weighted by Gasteiger charge is -2.29. The molecule has 0 saturated carbocycles. The number of anilines is 1. The van der Waals surface area contributed by atoms with Gasteiger partial charge in [0.1, 0.15) is 0 Å². The Morgan fingerprint density at radius 1 is 1.26 bits per heavy atom. The van der Waals surface area contributed by atoms with Crippen LogP contribution in [0.2, 0.25) is 0 Å². The second kappa shape index (κ2) is 6.30. The van der Waals surface area contributed by atoms with Crippen molar-refractivity contribution in [1.82, 2.24) is 0 Å². The summed E-state index contributed by atoms with van der Waals surface area (Å²) in [5.74, 6) is -0.834. The number of benzene rings is 2. The van der Waals surface area contributed by atoms with Crippen molar-refractivity contribution in [2.24, 2.45) is 0 Å². The van der Waals surface area contributed by atoms with E-state index in [9.17, 15) is 9.90 Å². The van der Waals surface area contributed by atoms with Gasteiger partial charge in [-0.3, -0.25) is 4.79 Å². The van der Waals surface area contributed by atoms with Crippen molar-refractivity contribution < 1.29 is 9.90 Å². The van der Waals surface area contributed by atoms with Crippen LogP contribution in [0.1, 0.15) is 30.4 Å². The quantitative estimate of drug-likeness (QED) is 0.785. The van der Waals surface area contributed by atoms with Crippen LogP contribution in [-0.4, -0.2) is 11.0 Å². The summed E-state index contributed by atoms with van der Waals surface area (Å²) in [4.78, 5) is 12.6. The molecule has 1 aliphatic heterocycles. The first-order chi connectivity index (χ1) is 11.1. The molecule has 0 bridgehead atoms. The Morgan fingerprint density at radius 2 is 2.00 bits per heavy atom. The Kier molecular flexibility index (Phi) is 4.37. The highest BCUT2D eigenvalue weighted by Gasteiger charge is 2.50. The van der Waals surface area contributed by atoms with Gasteiger partial charge in [0.25, 0.3) is 5.91 Å². The van der Waals surface area contributed by atoms with Gasteiger partial charge in [-0.2, -0.15) is 0 Å². The topological polar surface area (TPSA) is 49.3 Å². The Bertz CT molecular complexity index is 757. The van der Waals surface area contributed by atoms with E-state index in [0.29, 0.717) is 11.3 Å². The number of carbonyl (C=O) groups is 1. The fourth-order valence-corrected chi connectivity index (χ4v) is 3.37. The van der Waals surface area contributed by atoms with Crippen molar-refractivity contribution in [2.75, 3.05) is 5.32 Å². The molecule has 118 valence electrons. The van der Waals surface area contributed by atoms with Crippen LogP contribution in [0.5, 0.6) is 0 Å². The number of hydrogen-bond acceptors (Lipinski definition) is 2. The average molecular weight is 372 g/mol. The molecule has 0 radical (unpaired) electrons. The monoisotopic (exact) mass is 371 g/mol. The highest BCUT2D eigenvalue weighted by Crippen LogP contribution is 2.46. The standard InChI is InChI=1S/C19H18BrNO2/c1-2-3-9-15(13-7-5-4-6-8-13)19(23)16-12-14(20)10-11-17(16)21-18(19)22/h3-12,15,23H,2H2,1H3,(H,21,22)/b9-3+/t15-,19+/m0/s1. The Hall–Kier alpha value is -1.91. The lowest BCUT2D eigenvalue weighted by atomic mass is 9.77. The molecule has 1 amide bonds. The number of hydrogen-bond donors (Lipinski definition) is 2.